The largest absolute Gasteiger partial charge is 0.351 e. The number of nitrogens with two attached hydrogens (primary N) is 1. The van der Waals surface area contributed by atoms with E-state index in [2.05, 4.69) is 90.2 Å². The SMILES string of the molecule is N#Cc1ccc(-c2ccccc2C/N=C(\NC(N)c2ccccc2)c2c3ccccc3cc3ccc4ccccc4c23)cc1. The van der Waals surface area contributed by atoms with Crippen LogP contribution in [0.4, 0.5) is 0 Å². The lowest BCUT2D eigenvalue weighted by atomic mass is 9.92. The lowest BCUT2D eigenvalue weighted by Gasteiger charge is -2.21. The second-order valence-corrected chi connectivity index (χ2v) is 10.9. The predicted octanol–water partition coefficient (Wildman–Crippen LogP) is 8.88. The molecule has 0 aliphatic heterocycles. The zero-order chi connectivity index (χ0) is 29.9. The van der Waals surface area contributed by atoms with E-state index in [1.54, 1.807) is 0 Å². The van der Waals surface area contributed by atoms with Gasteiger partial charge in [-0.2, -0.15) is 5.26 Å². The third-order valence-electron chi connectivity index (χ3n) is 8.19. The molecular weight excluding hydrogens is 536 g/mol. The smallest absolute Gasteiger partial charge is 0.131 e. The molecule has 0 aliphatic carbocycles. The highest BCUT2D eigenvalue weighted by molar-refractivity contribution is 6.26. The van der Waals surface area contributed by atoms with Gasteiger partial charge in [-0.1, -0.05) is 127 Å². The van der Waals surface area contributed by atoms with E-state index >= 15 is 0 Å². The maximum absolute atomic E-state index is 9.29. The van der Waals surface area contributed by atoms with Crippen molar-refractivity contribution in [2.45, 2.75) is 12.7 Å². The number of aliphatic imine (C=N–C) groups is 1. The van der Waals surface area contributed by atoms with Crippen LogP contribution >= 0.6 is 0 Å². The van der Waals surface area contributed by atoms with Crippen LogP contribution in [0.1, 0.15) is 28.4 Å². The third kappa shape index (κ3) is 5.18. The number of rotatable bonds is 6. The van der Waals surface area contributed by atoms with Crippen LogP contribution in [0.25, 0.3) is 43.4 Å². The Morgan fingerprint density at radius 2 is 1.34 bits per heavy atom. The molecule has 0 heterocycles. The van der Waals surface area contributed by atoms with Crippen molar-refractivity contribution < 1.29 is 0 Å². The lowest BCUT2D eigenvalue weighted by molar-refractivity contribution is 0.679. The van der Waals surface area contributed by atoms with E-state index in [0.717, 1.165) is 55.2 Å². The zero-order valence-electron chi connectivity index (χ0n) is 24.1. The number of fused-ring (bicyclic) bond motifs is 4. The molecule has 0 bridgehead atoms. The van der Waals surface area contributed by atoms with Crippen LogP contribution in [0.5, 0.6) is 0 Å². The van der Waals surface area contributed by atoms with Crippen molar-refractivity contribution in [1.82, 2.24) is 5.32 Å². The van der Waals surface area contributed by atoms with Gasteiger partial charge in [-0.15, -0.1) is 0 Å². The van der Waals surface area contributed by atoms with Crippen molar-refractivity contribution in [1.29, 1.82) is 5.26 Å². The molecule has 1 atom stereocenters. The highest BCUT2D eigenvalue weighted by Gasteiger charge is 2.19. The first-order valence-corrected chi connectivity index (χ1v) is 14.7. The number of hydrogen-bond acceptors (Lipinski definition) is 3. The van der Waals surface area contributed by atoms with E-state index in [4.69, 9.17) is 10.7 Å². The van der Waals surface area contributed by atoms with Crippen molar-refractivity contribution in [3.8, 4) is 17.2 Å². The Balaban J connectivity index is 1.44. The Labute approximate surface area is 256 Å². The Hall–Kier alpha value is -5.76. The monoisotopic (exact) mass is 566 g/mol. The predicted molar refractivity (Wildman–Crippen MR) is 182 cm³/mol. The molecule has 0 amide bonds. The zero-order valence-corrected chi connectivity index (χ0v) is 24.1. The van der Waals surface area contributed by atoms with Crippen LogP contribution in [0.3, 0.4) is 0 Å². The highest BCUT2D eigenvalue weighted by atomic mass is 15.1. The lowest BCUT2D eigenvalue weighted by Crippen LogP contribution is -2.35. The first-order valence-electron chi connectivity index (χ1n) is 14.7. The molecule has 0 radical (unpaired) electrons. The number of amidine groups is 1. The van der Waals surface area contributed by atoms with Gasteiger partial charge in [-0.25, -0.2) is 0 Å². The maximum Gasteiger partial charge on any atom is 0.131 e. The average Bonchev–Trinajstić information content (AvgIpc) is 3.09. The van der Waals surface area contributed by atoms with Gasteiger partial charge in [0.05, 0.1) is 18.2 Å². The van der Waals surface area contributed by atoms with E-state index in [0.29, 0.717) is 12.1 Å². The van der Waals surface area contributed by atoms with Gasteiger partial charge < -0.3 is 11.1 Å². The molecule has 0 saturated heterocycles. The standard InChI is InChI=1S/C40H30N4/c41-25-27-18-20-29(21-19-27)34-15-7-6-14-33(34)26-43-40(44-39(42)30-11-2-1-3-12-30)38-36-17-9-5-13-31(36)24-32-23-22-28-10-4-8-16-35(28)37(32)38/h1-24,39H,26,42H2,(H,43,44). The number of nitrogens with zero attached hydrogens (tertiary/aromatic N) is 2. The highest BCUT2D eigenvalue weighted by Crippen LogP contribution is 2.35. The normalized spacial score (nSPS) is 12.3. The number of hydrogen-bond donors (Lipinski definition) is 2. The van der Waals surface area contributed by atoms with Gasteiger partial charge in [0.2, 0.25) is 0 Å². The molecule has 0 spiro atoms. The molecule has 0 aliphatic rings. The summed E-state index contributed by atoms with van der Waals surface area (Å²) in [7, 11) is 0. The Kier molecular flexibility index (Phi) is 7.30. The molecule has 44 heavy (non-hydrogen) atoms. The minimum Gasteiger partial charge on any atom is -0.351 e. The minimum atomic E-state index is -0.465. The van der Waals surface area contributed by atoms with Gasteiger partial charge in [0.1, 0.15) is 12.0 Å². The quantitative estimate of drug-likeness (QED) is 0.0694. The first kappa shape index (κ1) is 27.1. The first-order chi connectivity index (χ1) is 21.7. The van der Waals surface area contributed by atoms with Gasteiger partial charge in [-0.05, 0) is 67.4 Å². The number of nitriles is 1. The van der Waals surface area contributed by atoms with Gasteiger partial charge in [0.25, 0.3) is 0 Å². The summed E-state index contributed by atoms with van der Waals surface area (Å²) in [4.78, 5) is 5.33. The molecule has 4 heteroatoms. The molecule has 0 saturated carbocycles. The van der Waals surface area contributed by atoms with Gasteiger partial charge in [-0.3, -0.25) is 4.99 Å². The average molecular weight is 567 g/mol. The molecule has 4 nitrogen and oxygen atoms in total. The van der Waals surface area contributed by atoms with Crippen molar-refractivity contribution in [3.05, 3.63) is 168 Å². The second-order valence-electron chi connectivity index (χ2n) is 10.9. The fraction of sp³-hybridized carbons (Fsp3) is 0.0500. The van der Waals surface area contributed by atoms with Crippen LogP contribution in [-0.2, 0) is 6.54 Å². The summed E-state index contributed by atoms with van der Waals surface area (Å²) in [6.07, 6.45) is -0.465. The maximum atomic E-state index is 9.29. The Morgan fingerprint density at radius 3 is 2.14 bits per heavy atom. The summed E-state index contributed by atoms with van der Waals surface area (Å²) in [5.41, 5.74) is 12.7. The molecule has 7 aromatic carbocycles. The molecule has 210 valence electrons. The van der Waals surface area contributed by atoms with Crippen molar-refractivity contribution in [2.75, 3.05) is 0 Å². The van der Waals surface area contributed by atoms with Gasteiger partial charge >= 0.3 is 0 Å². The van der Waals surface area contributed by atoms with Crippen LogP contribution in [0.15, 0.2) is 151 Å². The van der Waals surface area contributed by atoms with E-state index in [1.807, 2.05) is 66.7 Å². The number of nitrogens with one attached hydrogen (secondary N) is 1. The summed E-state index contributed by atoms with van der Waals surface area (Å²) < 4.78 is 0. The summed E-state index contributed by atoms with van der Waals surface area (Å²) in [5, 5.41) is 19.8. The van der Waals surface area contributed by atoms with Crippen molar-refractivity contribution >= 4 is 38.2 Å². The van der Waals surface area contributed by atoms with Crippen molar-refractivity contribution in [3.63, 3.8) is 0 Å². The topological polar surface area (TPSA) is 74.2 Å². The molecule has 1 unspecified atom stereocenters. The van der Waals surface area contributed by atoms with E-state index < -0.39 is 6.17 Å². The summed E-state index contributed by atoms with van der Waals surface area (Å²) >= 11 is 0. The molecule has 0 fully saturated rings. The van der Waals surface area contributed by atoms with E-state index in [1.165, 1.54) is 10.8 Å². The van der Waals surface area contributed by atoms with Crippen LogP contribution in [0.2, 0.25) is 0 Å². The van der Waals surface area contributed by atoms with Crippen LogP contribution < -0.4 is 11.1 Å². The summed E-state index contributed by atoms with van der Waals surface area (Å²) in [5.74, 6) is 0.745. The minimum absolute atomic E-state index is 0.440. The molecule has 7 rings (SSSR count). The molecule has 3 N–H and O–H groups in total. The van der Waals surface area contributed by atoms with E-state index in [9.17, 15) is 5.26 Å². The molecule has 7 aromatic rings. The Bertz CT molecular complexity index is 2190. The van der Waals surface area contributed by atoms with Crippen LogP contribution in [0, 0.1) is 11.3 Å². The van der Waals surface area contributed by atoms with Gasteiger partial charge in [0.15, 0.2) is 0 Å². The summed E-state index contributed by atoms with van der Waals surface area (Å²) in [6, 6.07) is 51.9. The third-order valence-corrected chi connectivity index (χ3v) is 8.19. The van der Waals surface area contributed by atoms with Crippen LogP contribution in [-0.4, -0.2) is 5.84 Å². The molecular formula is C40H30N4. The second kappa shape index (κ2) is 11.9. The fourth-order valence-corrected chi connectivity index (χ4v) is 6.00. The van der Waals surface area contributed by atoms with Gasteiger partial charge in [0, 0.05) is 10.9 Å². The fourth-order valence-electron chi connectivity index (χ4n) is 6.00. The molecule has 0 aromatic heterocycles. The Morgan fingerprint density at radius 1 is 0.682 bits per heavy atom. The number of benzene rings is 7. The van der Waals surface area contributed by atoms with E-state index in [-0.39, 0.29) is 0 Å². The van der Waals surface area contributed by atoms with Crippen molar-refractivity contribution in [2.24, 2.45) is 10.7 Å². The summed E-state index contributed by atoms with van der Waals surface area (Å²) in [6.45, 7) is 0.440.